The average molecular weight is 354 g/mol. The Morgan fingerprint density at radius 3 is 1.92 bits per heavy atom. The van der Waals surface area contributed by atoms with E-state index in [1.807, 2.05) is 12.1 Å². The molecule has 26 heavy (non-hydrogen) atoms. The normalized spacial score (nSPS) is 14.1. The molecule has 0 radical (unpaired) electrons. The number of hydrogen-bond donors (Lipinski definition) is 0. The minimum atomic E-state index is -0.0704. The van der Waals surface area contributed by atoms with Gasteiger partial charge >= 0.3 is 0 Å². The van der Waals surface area contributed by atoms with Crippen LogP contribution in [0.25, 0.3) is 0 Å². The third kappa shape index (κ3) is 3.64. The summed E-state index contributed by atoms with van der Waals surface area (Å²) < 4.78 is 10.4. The van der Waals surface area contributed by atoms with Crippen molar-refractivity contribution in [3.8, 4) is 11.5 Å². The van der Waals surface area contributed by atoms with Crippen LogP contribution in [0.3, 0.4) is 0 Å². The monoisotopic (exact) mass is 354 g/mol. The third-order valence-electron chi connectivity index (χ3n) is 4.53. The third-order valence-corrected chi connectivity index (χ3v) is 4.53. The second-order valence-electron chi connectivity index (χ2n) is 6.01. The van der Waals surface area contributed by atoms with Gasteiger partial charge in [-0.1, -0.05) is 12.1 Å². The first kappa shape index (κ1) is 17.8. The summed E-state index contributed by atoms with van der Waals surface area (Å²) >= 11 is 0. The number of hydrogen-bond acceptors (Lipinski definition) is 4. The summed E-state index contributed by atoms with van der Waals surface area (Å²) in [6.07, 6.45) is 0. The zero-order valence-electron chi connectivity index (χ0n) is 15.0. The van der Waals surface area contributed by atoms with Crippen molar-refractivity contribution in [2.45, 2.75) is 0 Å². The number of rotatable bonds is 4. The molecular formula is C20H22N2O4. The standard InChI is InChI=1S/C20H22N2O4/c1-25-16-9-7-15(8-10-16)19(23)21-11-13-22(14-12-21)20(24)17-5-3-4-6-18(17)26-2/h3-10H,11-14H2,1-2H3. The Morgan fingerprint density at radius 1 is 0.769 bits per heavy atom. The van der Waals surface area contributed by atoms with Crippen LogP contribution < -0.4 is 9.47 Å². The molecule has 0 unspecified atom stereocenters. The van der Waals surface area contributed by atoms with Crippen molar-refractivity contribution in [3.63, 3.8) is 0 Å². The largest absolute Gasteiger partial charge is 0.497 e. The lowest BCUT2D eigenvalue weighted by Gasteiger charge is -2.35. The fourth-order valence-corrected chi connectivity index (χ4v) is 3.02. The summed E-state index contributed by atoms with van der Waals surface area (Å²) in [6, 6.07) is 14.2. The first-order chi connectivity index (χ1) is 12.6. The lowest BCUT2D eigenvalue weighted by molar-refractivity contribution is 0.0533. The number of nitrogens with zero attached hydrogens (tertiary/aromatic N) is 2. The predicted octanol–water partition coefficient (Wildman–Crippen LogP) is 2.30. The van der Waals surface area contributed by atoms with E-state index in [1.54, 1.807) is 60.4 Å². The van der Waals surface area contributed by atoms with E-state index in [2.05, 4.69) is 0 Å². The first-order valence-electron chi connectivity index (χ1n) is 8.49. The number of benzene rings is 2. The molecule has 6 heteroatoms. The minimum Gasteiger partial charge on any atom is -0.497 e. The average Bonchev–Trinajstić information content (AvgIpc) is 2.73. The number of piperazine rings is 1. The second kappa shape index (κ2) is 7.91. The number of carbonyl (C=O) groups is 2. The molecule has 0 saturated carbocycles. The molecule has 1 aliphatic rings. The Kier molecular flexibility index (Phi) is 5.41. The molecule has 2 aromatic carbocycles. The number of amides is 2. The SMILES string of the molecule is COc1ccc(C(=O)N2CCN(C(=O)c3ccccc3OC)CC2)cc1. The molecule has 0 aliphatic carbocycles. The molecule has 0 atom stereocenters. The fraction of sp³-hybridized carbons (Fsp3) is 0.300. The van der Waals surface area contributed by atoms with E-state index in [-0.39, 0.29) is 11.8 Å². The lowest BCUT2D eigenvalue weighted by Crippen LogP contribution is -2.50. The van der Waals surface area contributed by atoms with Crippen molar-refractivity contribution in [3.05, 3.63) is 59.7 Å². The minimum absolute atomic E-state index is 0.0305. The fourth-order valence-electron chi connectivity index (χ4n) is 3.02. The van der Waals surface area contributed by atoms with Crippen LogP contribution in [0, 0.1) is 0 Å². The van der Waals surface area contributed by atoms with Crippen LogP contribution in [-0.4, -0.2) is 62.0 Å². The Labute approximate surface area is 152 Å². The van der Waals surface area contributed by atoms with Gasteiger partial charge in [0, 0.05) is 31.7 Å². The Morgan fingerprint density at radius 2 is 1.35 bits per heavy atom. The van der Waals surface area contributed by atoms with Gasteiger partial charge in [-0.2, -0.15) is 0 Å². The molecule has 3 rings (SSSR count). The van der Waals surface area contributed by atoms with E-state index in [4.69, 9.17) is 9.47 Å². The molecule has 1 fully saturated rings. The summed E-state index contributed by atoms with van der Waals surface area (Å²) in [6.45, 7) is 2.01. The Balaban J connectivity index is 1.63. The molecule has 2 amide bonds. The Hall–Kier alpha value is -3.02. The highest BCUT2D eigenvalue weighted by Crippen LogP contribution is 2.20. The summed E-state index contributed by atoms with van der Waals surface area (Å²) in [7, 11) is 3.15. The lowest BCUT2D eigenvalue weighted by atomic mass is 10.1. The molecule has 0 bridgehead atoms. The van der Waals surface area contributed by atoms with E-state index >= 15 is 0 Å². The van der Waals surface area contributed by atoms with Crippen molar-refractivity contribution < 1.29 is 19.1 Å². The molecule has 6 nitrogen and oxygen atoms in total. The van der Waals surface area contributed by atoms with Gasteiger partial charge in [0.25, 0.3) is 11.8 Å². The highest BCUT2D eigenvalue weighted by atomic mass is 16.5. The van der Waals surface area contributed by atoms with E-state index in [0.717, 1.165) is 0 Å². The van der Waals surface area contributed by atoms with Crippen LogP contribution in [0.4, 0.5) is 0 Å². The number of ether oxygens (including phenoxy) is 2. The number of methoxy groups -OCH3 is 2. The van der Waals surface area contributed by atoms with Crippen molar-refractivity contribution >= 4 is 11.8 Å². The quantitative estimate of drug-likeness (QED) is 0.845. The molecule has 0 aromatic heterocycles. The molecule has 1 saturated heterocycles. The first-order valence-corrected chi connectivity index (χ1v) is 8.49. The van der Waals surface area contributed by atoms with Gasteiger partial charge in [-0.25, -0.2) is 0 Å². The van der Waals surface area contributed by atoms with Crippen molar-refractivity contribution in [1.82, 2.24) is 9.80 Å². The zero-order chi connectivity index (χ0) is 18.5. The van der Waals surface area contributed by atoms with Gasteiger partial charge in [0.2, 0.25) is 0 Å². The second-order valence-corrected chi connectivity index (χ2v) is 6.01. The van der Waals surface area contributed by atoms with Gasteiger partial charge in [0.1, 0.15) is 11.5 Å². The zero-order valence-corrected chi connectivity index (χ0v) is 15.0. The predicted molar refractivity (Wildman–Crippen MR) is 97.8 cm³/mol. The van der Waals surface area contributed by atoms with Gasteiger partial charge < -0.3 is 19.3 Å². The molecule has 0 spiro atoms. The smallest absolute Gasteiger partial charge is 0.257 e. The molecule has 1 aliphatic heterocycles. The van der Waals surface area contributed by atoms with Crippen LogP contribution in [0.1, 0.15) is 20.7 Å². The summed E-state index contributed by atoms with van der Waals surface area (Å²) in [5.74, 6) is 1.18. The maximum absolute atomic E-state index is 12.7. The highest BCUT2D eigenvalue weighted by molar-refractivity contribution is 5.97. The summed E-state index contributed by atoms with van der Waals surface area (Å²) in [5, 5.41) is 0. The maximum Gasteiger partial charge on any atom is 0.257 e. The number of carbonyl (C=O) groups excluding carboxylic acids is 2. The van der Waals surface area contributed by atoms with Gasteiger partial charge in [0.05, 0.1) is 19.8 Å². The molecular weight excluding hydrogens is 332 g/mol. The molecule has 0 N–H and O–H groups in total. The van der Waals surface area contributed by atoms with Crippen molar-refractivity contribution in [2.24, 2.45) is 0 Å². The van der Waals surface area contributed by atoms with E-state index < -0.39 is 0 Å². The van der Waals surface area contributed by atoms with E-state index in [0.29, 0.717) is 48.8 Å². The van der Waals surface area contributed by atoms with Gasteiger partial charge in [-0.3, -0.25) is 9.59 Å². The Bertz CT molecular complexity index is 781. The van der Waals surface area contributed by atoms with Gasteiger partial charge in [-0.05, 0) is 36.4 Å². The maximum atomic E-state index is 12.7. The summed E-state index contributed by atoms with van der Waals surface area (Å²) in [5.41, 5.74) is 1.17. The highest BCUT2D eigenvalue weighted by Gasteiger charge is 2.26. The molecule has 1 heterocycles. The van der Waals surface area contributed by atoms with Crippen LogP contribution in [0.5, 0.6) is 11.5 Å². The van der Waals surface area contributed by atoms with Gasteiger partial charge in [-0.15, -0.1) is 0 Å². The van der Waals surface area contributed by atoms with Gasteiger partial charge in [0.15, 0.2) is 0 Å². The van der Waals surface area contributed by atoms with Crippen LogP contribution >= 0.6 is 0 Å². The van der Waals surface area contributed by atoms with E-state index in [9.17, 15) is 9.59 Å². The van der Waals surface area contributed by atoms with E-state index in [1.165, 1.54) is 0 Å². The van der Waals surface area contributed by atoms with Crippen LogP contribution in [0.15, 0.2) is 48.5 Å². The molecule has 2 aromatic rings. The van der Waals surface area contributed by atoms with Crippen LogP contribution in [-0.2, 0) is 0 Å². The van der Waals surface area contributed by atoms with Crippen molar-refractivity contribution in [2.75, 3.05) is 40.4 Å². The van der Waals surface area contributed by atoms with Crippen molar-refractivity contribution in [1.29, 1.82) is 0 Å². The van der Waals surface area contributed by atoms with Crippen LogP contribution in [0.2, 0.25) is 0 Å². The number of para-hydroxylation sites is 1. The topological polar surface area (TPSA) is 59.1 Å². The summed E-state index contributed by atoms with van der Waals surface area (Å²) in [4.78, 5) is 28.9. The molecule has 136 valence electrons.